The van der Waals surface area contributed by atoms with E-state index in [9.17, 15) is 13.0 Å². The fraction of sp³-hybridized carbons (Fsp3) is 0.250. The number of unbranched alkanes of at least 4 members (excludes halogenated alkanes) is 1. The lowest BCUT2D eigenvalue weighted by molar-refractivity contribution is -0.673. The Morgan fingerprint density at radius 1 is 1.04 bits per heavy atom. The number of hydrogen-bond donors (Lipinski definition) is 0. The molecule has 26 heavy (non-hydrogen) atoms. The summed E-state index contributed by atoms with van der Waals surface area (Å²) in [6, 6.07) is 16.0. The molecule has 4 nitrogen and oxygen atoms in total. The molecular weight excluding hydrogens is 366 g/mol. The Kier molecular flexibility index (Phi) is 5.72. The van der Waals surface area contributed by atoms with Crippen LogP contribution in [0.4, 0.5) is 0 Å². The van der Waals surface area contributed by atoms with E-state index in [4.69, 9.17) is 0 Å². The highest BCUT2D eigenvalue weighted by Crippen LogP contribution is 2.21. The Bertz CT molecular complexity index is 1070. The molecule has 1 aromatic heterocycles. The van der Waals surface area contributed by atoms with Crippen molar-refractivity contribution in [1.29, 1.82) is 0 Å². The summed E-state index contributed by atoms with van der Waals surface area (Å²) in [6.07, 6.45) is 1.03. The first-order chi connectivity index (χ1) is 12.4. The zero-order valence-corrected chi connectivity index (χ0v) is 16.1. The molecule has 0 unspecified atom stereocenters. The molecule has 0 bridgehead atoms. The van der Waals surface area contributed by atoms with Gasteiger partial charge in [-0.05, 0) is 30.7 Å². The van der Waals surface area contributed by atoms with Gasteiger partial charge in [0.1, 0.15) is 11.2 Å². The molecule has 0 amide bonds. The molecule has 0 radical (unpaired) electrons. The second kappa shape index (κ2) is 8.00. The van der Waals surface area contributed by atoms with E-state index in [1.54, 1.807) is 11.3 Å². The monoisotopic (exact) mass is 385 g/mol. The summed E-state index contributed by atoms with van der Waals surface area (Å²) >= 11 is 1.70. The number of thiazole rings is 1. The van der Waals surface area contributed by atoms with E-state index in [0.717, 1.165) is 21.7 Å². The van der Waals surface area contributed by atoms with Gasteiger partial charge in [0.15, 0.2) is 0 Å². The molecule has 6 heteroatoms. The van der Waals surface area contributed by atoms with Crippen molar-refractivity contribution < 1.29 is 17.5 Å². The van der Waals surface area contributed by atoms with Gasteiger partial charge in [-0.3, -0.25) is 0 Å². The summed E-state index contributed by atoms with van der Waals surface area (Å²) in [7, 11) is -4.13. The van der Waals surface area contributed by atoms with Crippen LogP contribution in [0.5, 0.6) is 0 Å². The van der Waals surface area contributed by atoms with Crippen molar-refractivity contribution in [1.82, 2.24) is 0 Å². The number of rotatable bonds is 5. The van der Waals surface area contributed by atoms with Crippen LogP contribution in [0.25, 0.3) is 10.2 Å². The lowest BCUT2D eigenvalue weighted by Gasteiger charge is -2.04. The quantitative estimate of drug-likeness (QED) is 0.293. The number of aromatic nitrogens is 1. The van der Waals surface area contributed by atoms with Gasteiger partial charge in [-0.2, -0.15) is 4.57 Å². The van der Waals surface area contributed by atoms with Gasteiger partial charge in [0.05, 0.1) is 10.1 Å². The fourth-order valence-corrected chi connectivity index (χ4v) is 4.35. The van der Waals surface area contributed by atoms with E-state index >= 15 is 0 Å². The van der Waals surface area contributed by atoms with Crippen molar-refractivity contribution in [3.8, 4) is 11.8 Å². The molecule has 0 spiro atoms. The fourth-order valence-electron chi connectivity index (χ4n) is 2.77. The predicted molar refractivity (Wildman–Crippen MR) is 103 cm³/mol. The molecule has 0 saturated carbocycles. The van der Waals surface area contributed by atoms with E-state index in [0.29, 0.717) is 19.4 Å². The summed E-state index contributed by atoms with van der Waals surface area (Å²) in [5, 5.41) is 1.15. The van der Waals surface area contributed by atoms with Gasteiger partial charge in [0.2, 0.25) is 10.5 Å². The third kappa shape index (κ3) is 4.92. The maximum absolute atomic E-state index is 10.7. The standard InChI is InChI=1S/C20H19NO3S2/c1-16-21(13-5-6-14-26(22,23)24)19-15-18(11-12-20(19)25-16)10-9-17-7-3-2-4-8-17/h2-4,7-8,11-12,15H,5-6,13-14H2,1H3. The topological polar surface area (TPSA) is 61.1 Å². The van der Waals surface area contributed by atoms with Gasteiger partial charge in [-0.1, -0.05) is 41.4 Å². The van der Waals surface area contributed by atoms with Crippen molar-refractivity contribution >= 4 is 31.7 Å². The van der Waals surface area contributed by atoms with Crippen LogP contribution in [-0.4, -0.2) is 18.7 Å². The summed E-state index contributed by atoms with van der Waals surface area (Å²) < 4.78 is 35.5. The Morgan fingerprint density at radius 3 is 2.50 bits per heavy atom. The summed E-state index contributed by atoms with van der Waals surface area (Å²) in [5.74, 6) is 6.06. The maximum Gasteiger partial charge on any atom is 0.235 e. The van der Waals surface area contributed by atoms with Crippen LogP contribution < -0.4 is 4.57 Å². The Labute approximate surface area is 157 Å². The zero-order chi connectivity index (χ0) is 18.6. The van der Waals surface area contributed by atoms with Crippen molar-refractivity contribution in [2.45, 2.75) is 26.3 Å². The first-order valence-electron chi connectivity index (χ1n) is 8.36. The molecule has 0 aliphatic rings. The molecule has 0 fully saturated rings. The van der Waals surface area contributed by atoms with Crippen molar-refractivity contribution in [3.63, 3.8) is 0 Å². The van der Waals surface area contributed by atoms with E-state index in [1.807, 2.05) is 43.3 Å². The largest absolute Gasteiger partial charge is 0.748 e. The first kappa shape index (κ1) is 18.6. The molecule has 0 aliphatic heterocycles. The Morgan fingerprint density at radius 2 is 1.77 bits per heavy atom. The highest BCUT2D eigenvalue weighted by Gasteiger charge is 2.17. The molecule has 3 rings (SSSR count). The van der Waals surface area contributed by atoms with Gasteiger partial charge < -0.3 is 4.55 Å². The minimum absolute atomic E-state index is 0.303. The lowest BCUT2D eigenvalue weighted by Crippen LogP contribution is -2.35. The summed E-state index contributed by atoms with van der Waals surface area (Å²) in [4.78, 5) is 0. The molecule has 0 N–H and O–H groups in total. The van der Waals surface area contributed by atoms with E-state index in [1.165, 1.54) is 4.70 Å². The second-order valence-electron chi connectivity index (χ2n) is 6.04. The summed E-state index contributed by atoms with van der Waals surface area (Å²) in [6.45, 7) is 2.74. The van der Waals surface area contributed by atoms with Crippen molar-refractivity contribution in [2.75, 3.05) is 5.75 Å². The van der Waals surface area contributed by atoms with Gasteiger partial charge >= 0.3 is 0 Å². The molecule has 0 atom stereocenters. The van der Waals surface area contributed by atoms with Crippen LogP contribution in [0.3, 0.4) is 0 Å². The Hall–Kier alpha value is -2.20. The summed E-state index contributed by atoms with van der Waals surface area (Å²) in [5.41, 5.74) is 3.01. The normalized spacial score (nSPS) is 11.3. The van der Waals surface area contributed by atoms with Crippen molar-refractivity contribution in [3.05, 3.63) is 64.7 Å². The highest BCUT2D eigenvalue weighted by atomic mass is 32.2. The smallest absolute Gasteiger partial charge is 0.235 e. The number of aryl methyl sites for hydroxylation is 2. The number of benzene rings is 2. The van der Waals surface area contributed by atoms with E-state index < -0.39 is 10.1 Å². The SMILES string of the molecule is Cc1sc2ccc(C#Cc3ccccc3)cc2[n+]1CCCCS(=O)(=O)[O-]. The average molecular weight is 386 g/mol. The van der Waals surface area contributed by atoms with E-state index in [2.05, 4.69) is 28.5 Å². The minimum Gasteiger partial charge on any atom is -0.748 e. The molecule has 134 valence electrons. The molecule has 0 aliphatic carbocycles. The minimum atomic E-state index is -4.13. The van der Waals surface area contributed by atoms with Crippen LogP contribution in [0.1, 0.15) is 29.0 Å². The Balaban J connectivity index is 1.81. The number of nitrogens with zero attached hydrogens (tertiary/aromatic N) is 1. The van der Waals surface area contributed by atoms with Crippen LogP contribution in [-0.2, 0) is 16.7 Å². The van der Waals surface area contributed by atoms with Crippen LogP contribution >= 0.6 is 11.3 Å². The second-order valence-corrected chi connectivity index (χ2v) is 8.80. The van der Waals surface area contributed by atoms with Crippen LogP contribution in [0.2, 0.25) is 0 Å². The van der Waals surface area contributed by atoms with Crippen LogP contribution in [0, 0.1) is 18.8 Å². The van der Waals surface area contributed by atoms with E-state index in [-0.39, 0.29) is 5.75 Å². The average Bonchev–Trinajstić information content (AvgIpc) is 2.92. The van der Waals surface area contributed by atoms with Gasteiger partial charge in [0, 0.05) is 36.3 Å². The number of fused-ring (bicyclic) bond motifs is 1. The van der Waals surface area contributed by atoms with Crippen LogP contribution in [0.15, 0.2) is 48.5 Å². The lowest BCUT2D eigenvalue weighted by atomic mass is 10.1. The molecular formula is C20H19NO3S2. The van der Waals surface area contributed by atoms with Crippen molar-refractivity contribution in [2.24, 2.45) is 0 Å². The third-order valence-corrected chi connectivity index (χ3v) is 5.91. The molecule has 0 saturated heterocycles. The van der Waals surface area contributed by atoms with Gasteiger partial charge in [0.25, 0.3) is 0 Å². The van der Waals surface area contributed by atoms with Gasteiger partial charge in [-0.15, -0.1) is 0 Å². The predicted octanol–water partition coefficient (Wildman–Crippen LogP) is 3.22. The molecule has 3 aromatic rings. The third-order valence-electron chi connectivity index (χ3n) is 4.04. The van der Waals surface area contributed by atoms with Gasteiger partial charge in [-0.25, -0.2) is 8.42 Å². The highest BCUT2D eigenvalue weighted by molar-refractivity contribution is 7.85. The first-order valence-corrected chi connectivity index (χ1v) is 10.8. The zero-order valence-electron chi connectivity index (χ0n) is 14.4. The number of hydrogen-bond acceptors (Lipinski definition) is 4. The molecule has 1 heterocycles. The molecule has 2 aromatic carbocycles. The maximum atomic E-state index is 10.7.